The Balaban J connectivity index is 1.38. The highest BCUT2D eigenvalue weighted by Crippen LogP contribution is 2.20. The number of para-hydroxylation sites is 2. The van der Waals surface area contributed by atoms with Gasteiger partial charge in [0.15, 0.2) is 0 Å². The number of fused-ring (bicyclic) bond motifs is 1. The smallest absolute Gasteiger partial charge is 0.119 e. The molecule has 0 saturated carbocycles. The average molecular weight is 385 g/mol. The van der Waals surface area contributed by atoms with Crippen LogP contribution in [0.2, 0.25) is 0 Å². The van der Waals surface area contributed by atoms with E-state index in [1.807, 2.05) is 0 Å². The molecule has 0 N–H and O–H groups in total. The predicted molar refractivity (Wildman–Crippen MR) is 120 cm³/mol. The summed E-state index contributed by atoms with van der Waals surface area (Å²) in [7, 11) is 0. The molecular weight excluding hydrogens is 356 g/mol. The van der Waals surface area contributed by atoms with Crippen molar-refractivity contribution in [3.63, 3.8) is 0 Å². The lowest BCUT2D eigenvalue weighted by molar-refractivity contribution is 0.303. The summed E-state index contributed by atoms with van der Waals surface area (Å²) in [5.74, 6) is 2.09. The Hall–Kier alpha value is -3.07. The third-order valence-corrected chi connectivity index (χ3v) is 5.32. The Bertz CT molecular complexity index is 1040. The largest absolute Gasteiger partial charge is 0.494 e. The van der Waals surface area contributed by atoms with E-state index in [9.17, 15) is 0 Å². The normalized spacial score (nSPS) is 11.1. The van der Waals surface area contributed by atoms with Crippen LogP contribution in [-0.4, -0.2) is 16.2 Å². The van der Waals surface area contributed by atoms with Gasteiger partial charge < -0.3 is 9.30 Å². The van der Waals surface area contributed by atoms with E-state index in [0.29, 0.717) is 0 Å². The number of hydrogen-bond donors (Lipinski definition) is 0. The zero-order chi connectivity index (χ0) is 19.9. The lowest BCUT2D eigenvalue weighted by Crippen LogP contribution is -2.07. The van der Waals surface area contributed by atoms with Gasteiger partial charge in [0, 0.05) is 13.0 Å². The maximum atomic E-state index is 5.91. The molecule has 0 spiro atoms. The van der Waals surface area contributed by atoms with Crippen molar-refractivity contribution in [3.8, 4) is 5.75 Å². The van der Waals surface area contributed by atoms with Gasteiger partial charge in [0.25, 0.3) is 0 Å². The van der Waals surface area contributed by atoms with Crippen LogP contribution < -0.4 is 4.74 Å². The minimum Gasteiger partial charge on any atom is -0.494 e. The molecule has 148 valence electrons. The number of benzene rings is 3. The zero-order valence-corrected chi connectivity index (χ0v) is 17.1. The highest BCUT2D eigenvalue weighted by molar-refractivity contribution is 5.76. The molecule has 0 atom stereocenters. The topological polar surface area (TPSA) is 27.1 Å². The summed E-state index contributed by atoms with van der Waals surface area (Å²) in [6.45, 7) is 3.87. The fourth-order valence-corrected chi connectivity index (χ4v) is 3.67. The van der Waals surface area contributed by atoms with Crippen LogP contribution in [0, 0.1) is 0 Å². The number of unbranched alkanes of at least 4 members (excludes halogenated alkanes) is 1. The third-order valence-electron chi connectivity index (χ3n) is 5.32. The number of aryl methyl sites for hydroxylation is 2. The molecule has 1 heterocycles. The van der Waals surface area contributed by atoms with Crippen molar-refractivity contribution >= 4 is 11.0 Å². The number of hydrogen-bond acceptors (Lipinski definition) is 2. The quantitative estimate of drug-likeness (QED) is 0.329. The Kier molecular flexibility index (Phi) is 6.25. The second-order valence-corrected chi connectivity index (χ2v) is 7.38. The van der Waals surface area contributed by atoms with Crippen LogP contribution in [0.25, 0.3) is 11.0 Å². The molecule has 0 aliphatic carbocycles. The molecular formula is C26H28N2O. The molecule has 0 unspecified atom stereocenters. The zero-order valence-electron chi connectivity index (χ0n) is 17.1. The molecule has 0 fully saturated rings. The van der Waals surface area contributed by atoms with Crippen LogP contribution in [0.1, 0.15) is 36.7 Å². The summed E-state index contributed by atoms with van der Waals surface area (Å²) >= 11 is 0. The maximum Gasteiger partial charge on any atom is 0.119 e. The van der Waals surface area contributed by atoms with Gasteiger partial charge in [-0.25, -0.2) is 4.98 Å². The first-order valence-corrected chi connectivity index (χ1v) is 10.5. The molecule has 0 aliphatic heterocycles. The molecule has 3 nitrogen and oxygen atoms in total. The van der Waals surface area contributed by atoms with Crippen molar-refractivity contribution in [1.82, 2.24) is 9.55 Å². The van der Waals surface area contributed by atoms with Crippen LogP contribution in [0.5, 0.6) is 5.75 Å². The SMILES string of the molecule is CCc1ccc(OCCCCn2c(Cc3ccccc3)nc3ccccc32)cc1. The number of imidazole rings is 1. The van der Waals surface area contributed by atoms with E-state index in [0.717, 1.165) is 55.9 Å². The highest BCUT2D eigenvalue weighted by Gasteiger charge is 2.10. The van der Waals surface area contributed by atoms with Gasteiger partial charge in [-0.3, -0.25) is 0 Å². The lowest BCUT2D eigenvalue weighted by Gasteiger charge is -2.10. The number of rotatable bonds is 9. The number of ether oxygens (including phenoxy) is 1. The Morgan fingerprint density at radius 1 is 0.793 bits per heavy atom. The van der Waals surface area contributed by atoms with Gasteiger partial charge in [0.2, 0.25) is 0 Å². The van der Waals surface area contributed by atoms with Crippen molar-refractivity contribution < 1.29 is 4.74 Å². The average Bonchev–Trinajstić information content (AvgIpc) is 3.11. The third kappa shape index (κ3) is 4.86. The van der Waals surface area contributed by atoms with E-state index in [1.165, 1.54) is 16.6 Å². The van der Waals surface area contributed by atoms with E-state index in [4.69, 9.17) is 9.72 Å². The monoisotopic (exact) mass is 384 g/mol. The Labute approximate surface area is 173 Å². The van der Waals surface area contributed by atoms with E-state index in [-0.39, 0.29) is 0 Å². The van der Waals surface area contributed by atoms with Crippen LogP contribution in [-0.2, 0) is 19.4 Å². The van der Waals surface area contributed by atoms with Gasteiger partial charge in [0.1, 0.15) is 11.6 Å². The van der Waals surface area contributed by atoms with Crippen molar-refractivity contribution in [2.24, 2.45) is 0 Å². The van der Waals surface area contributed by atoms with E-state index < -0.39 is 0 Å². The first-order chi connectivity index (χ1) is 14.3. The van der Waals surface area contributed by atoms with E-state index in [2.05, 4.69) is 90.4 Å². The molecule has 0 saturated heterocycles. The number of nitrogens with zero attached hydrogens (tertiary/aromatic N) is 2. The molecule has 3 heteroatoms. The number of aromatic nitrogens is 2. The molecule has 0 aliphatic rings. The minimum atomic E-state index is 0.742. The molecule has 4 aromatic rings. The van der Waals surface area contributed by atoms with Crippen LogP contribution in [0.3, 0.4) is 0 Å². The molecule has 29 heavy (non-hydrogen) atoms. The molecule has 0 radical (unpaired) electrons. The second-order valence-electron chi connectivity index (χ2n) is 7.38. The van der Waals surface area contributed by atoms with Crippen molar-refractivity contribution in [2.75, 3.05) is 6.61 Å². The molecule has 4 rings (SSSR count). The summed E-state index contributed by atoms with van der Waals surface area (Å²) in [6.07, 6.45) is 4.00. The minimum absolute atomic E-state index is 0.742. The predicted octanol–water partition coefficient (Wildman–Crippen LogP) is 6.05. The summed E-state index contributed by atoms with van der Waals surface area (Å²) in [5, 5.41) is 0. The van der Waals surface area contributed by atoms with Crippen molar-refractivity contribution in [1.29, 1.82) is 0 Å². The van der Waals surface area contributed by atoms with Crippen molar-refractivity contribution in [3.05, 3.63) is 95.8 Å². The first-order valence-electron chi connectivity index (χ1n) is 10.5. The summed E-state index contributed by atoms with van der Waals surface area (Å²) < 4.78 is 8.29. The fraction of sp³-hybridized carbons (Fsp3) is 0.269. The van der Waals surface area contributed by atoms with Gasteiger partial charge in [-0.05, 0) is 54.7 Å². The van der Waals surface area contributed by atoms with Crippen molar-refractivity contribution in [2.45, 2.75) is 39.2 Å². The van der Waals surface area contributed by atoms with E-state index >= 15 is 0 Å². The summed E-state index contributed by atoms with van der Waals surface area (Å²) in [5.41, 5.74) is 4.93. The second kappa shape index (κ2) is 9.42. The van der Waals surface area contributed by atoms with Gasteiger partial charge in [-0.1, -0.05) is 61.5 Å². The lowest BCUT2D eigenvalue weighted by atomic mass is 10.1. The molecule has 0 bridgehead atoms. The van der Waals surface area contributed by atoms with Crippen LogP contribution >= 0.6 is 0 Å². The van der Waals surface area contributed by atoms with E-state index in [1.54, 1.807) is 0 Å². The molecule has 3 aromatic carbocycles. The Morgan fingerprint density at radius 2 is 1.55 bits per heavy atom. The summed E-state index contributed by atoms with van der Waals surface area (Å²) in [4.78, 5) is 4.90. The van der Waals surface area contributed by atoms with Gasteiger partial charge >= 0.3 is 0 Å². The molecule has 1 aromatic heterocycles. The van der Waals surface area contributed by atoms with Gasteiger partial charge in [-0.2, -0.15) is 0 Å². The Morgan fingerprint density at radius 3 is 2.34 bits per heavy atom. The van der Waals surface area contributed by atoms with Gasteiger partial charge in [0.05, 0.1) is 17.6 Å². The van der Waals surface area contributed by atoms with Gasteiger partial charge in [-0.15, -0.1) is 0 Å². The summed E-state index contributed by atoms with van der Waals surface area (Å²) in [6, 6.07) is 27.4. The fourth-order valence-electron chi connectivity index (χ4n) is 3.67. The standard InChI is InChI=1S/C26H28N2O/c1-2-21-14-16-23(17-15-21)29-19-9-8-18-28-25-13-7-6-12-24(25)27-26(28)20-22-10-4-3-5-11-22/h3-7,10-17H,2,8-9,18-20H2,1H3. The molecule has 0 amide bonds. The highest BCUT2D eigenvalue weighted by atomic mass is 16.5. The first kappa shape index (κ1) is 19.3. The van der Waals surface area contributed by atoms with Crippen LogP contribution in [0.15, 0.2) is 78.9 Å². The maximum absolute atomic E-state index is 5.91. The van der Waals surface area contributed by atoms with Crippen LogP contribution in [0.4, 0.5) is 0 Å².